The van der Waals surface area contributed by atoms with Gasteiger partial charge in [-0.1, -0.05) is 52.5 Å². The fourth-order valence-electron chi connectivity index (χ4n) is 1.44. The maximum Gasteiger partial charge on any atom is 0.331 e. The van der Waals surface area contributed by atoms with Crippen molar-refractivity contribution in [3.8, 4) is 0 Å². The van der Waals surface area contributed by atoms with Crippen molar-refractivity contribution in [3.05, 3.63) is 12.2 Å². The number of carboxylic acids is 1. The van der Waals surface area contributed by atoms with Crippen LogP contribution in [0.25, 0.3) is 0 Å². The fourth-order valence-corrected chi connectivity index (χ4v) is 1.44. The van der Waals surface area contributed by atoms with Gasteiger partial charge in [0.15, 0.2) is 0 Å². The first kappa shape index (κ1) is 13.2. The van der Waals surface area contributed by atoms with Gasteiger partial charge in [0.1, 0.15) is 0 Å². The van der Waals surface area contributed by atoms with Crippen LogP contribution < -0.4 is 0 Å². The number of carboxylic acid groups (broad SMARTS) is 1. The molecule has 0 spiro atoms. The summed E-state index contributed by atoms with van der Waals surface area (Å²) < 4.78 is 0. The van der Waals surface area contributed by atoms with Gasteiger partial charge in [-0.15, -0.1) is 0 Å². The molecule has 0 fully saturated rings. The number of hydrogen-bond acceptors (Lipinski definition) is 1. The van der Waals surface area contributed by atoms with Gasteiger partial charge in [0, 0.05) is 5.57 Å². The number of rotatable bonds is 8. The largest absolute Gasteiger partial charge is 0.478 e. The summed E-state index contributed by atoms with van der Waals surface area (Å²) in [5, 5.41) is 8.69. The predicted octanol–water partition coefficient (Wildman–Crippen LogP) is 3.62. The normalized spacial score (nSPS) is 12.4. The molecule has 1 atom stereocenters. The molecule has 0 aliphatic rings. The lowest BCUT2D eigenvalue weighted by Crippen LogP contribution is -2.08. The Labute approximate surface area is 87.0 Å². The zero-order valence-electron chi connectivity index (χ0n) is 9.38. The van der Waals surface area contributed by atoms with Crippen LogP contribution in [0, 0.1) is 5.92 Å². The molecule has 14 heavy (non-hydrogen) atoms. The smallest absolute Gasteiger partial charge is 0.331 e. The van der Waals surface area contributed by atoms with Gasteiger partial charge in [0.2, 0.25) is 0 Å². The first-order valence-electron chi connectivity index (χ1n) is 5.51. The minimum Gasteiger partial charge on any atom is -0.478 e. The van der Waals surface area contributed by atoms with E-state index in [-0.39, 0.29) is 5.92 Å². The van der Waals surface area contributed by atoms with Crippen LogP contribution in [0.2, 0.25) is 0 Å². The van der Waals surface area contributed by atoms with E-state index in [4.69, 9.17) is 5.11 Å². The van der Waals surface area contributed by atoms with E-state index >= 15 is 0 Å². The SMILES string of the molecule is C=C(C(=O)O)C(C)CCCCCCC. The van der Waals surface area contributed by atoms with Crippen molar-refractivity contribution in [1.82, 2.24) is 0 Å². The van der Waals surface area contributed by atoms with E-state index in [1.807, 2.05) is 6.92 Å². The molecule has 1 N–H and O–H groups in total. The van der Waals surface area contributed by atoms with Crippen molar-refractivity contribution in [2.45, 2.75) is 52.4 Å². The van der Waals surface area contributed by atoms with Crippen molar-refractivity contribution in [2.24, 2.45) is 5.92 Å². The molecular weight excluding hydrogens is 176 g/mol. The summed E-state index contributed by atoms with van der Waals surface area (Å²) >= 11 is 0. The minimum absolute atomic E-state index is 0.120. The van der Waals surface area contributed by atoms with Crippen LogP contribution in [0.1, 0.15) is 52.4 Å². The van der Waals surface area contributed by atoms with Gasteiger partial charge in [0.05, 0.1) is 0 Å². The Kier molecular flexibility index (Phi) is 7.17. The second-order valence-electron chi connectivity index (χ2n) is 3.93. The average Bonchev–Trinajstić information content (AvgIpc) is 2.16. The lowest BCUT2D eigenvalue weighted by molar-refractivity contribution is -0.133. The third kappa shape index (κ3) is 5.79. The Bertz CT molecular complexity index is 185. The lowest BCUT2D eigenvalue weighted by atomic mass is 9.96. The number of carbonyl (C=O) groups is 1. The van der Waals surface area contributed by atoms with Gasteiger partial charge in [-0.2, -0.15) is 0 Å². The molecule has 0 aromatic carbocycles. The number of aliphatic carboxylic acids is 1. The molecule has 0 saturated carbocycles. The topological polar surface area (TPSA) is 37.3 Å². The van der Waals surface area contributed by atoms with Gasteiger partial charge in [0.25, 0.3) is 0 Å². The molecule has 0 heterocycles. The number of hydrogen-bond donors (Lipinski definition) is 1. The third-order valence-corrected chi connectivity index (χ3v) is 2.61. The zero-order valence-corrected chi connectivity index (χ0v) is 9.38. The Hall–Kier alpha value is -0.790. The highest BCUT2D eigenvalue weighted by Gasteiger charge is 2.12. The van der Waals surface area contributed by atoms with E-state index in [9.17, 15) is 4.79 Å². The van der Waals surface area contributed by atoms with Crippen LogP contribution in [0.3, 0.4) is 0 Å². The highest BCUT2D eigenvalue weighted by Crippen LogP contribution is 2.17. The van der Waals surface area contributed by atoms with E-state index in [2.05, 4.69) is 13.5 Å². The molecule has 2 heteroatoms. The molecule has 0 saturated heterocycles. The molecule has 0 aliphatic carbocycles. The van der Waals surface area contributed by atoms with Crippen LogP contribution in [-0.4, -0.2) is 11.1 Å². The summed E-state index contributed by atoms with van der Waals surface area (Å²) in [6.45, 7) is 7.70. The second kappa shape index (κ2) is 7.60. The Morgan fingerprint density at radius 3 is 2.36 bits per heavy atom. The average molecular weight is 198 g/mol. The van der Waals surface area contributed by atoms with Crippen LogP contribution in [-0.2, 0) is 4.79 Å². The van der Waals surface area contributed by atoms with E-state index < -0.39 is 5.97 Å². The van der Waals surface area contributed by atoms with Crippen LogP contribution >= 0.6 is 0 Å². The summed E-state index contributed by atoms with van der Waals surface area (Å²) in [4.78, 5) is 10.6. The fraction of sp³-hybridized carbons (Fsp3) is 0.750. The van der Waals surface area contributed by atoms with E-state index in [1.54, 1.807) is 0 Å². The molecule has 0 rings (SSSR count). The molecule has 1 unspecified atom stereocenters. The predicted molar refractivity (Wildman–Crippen MR) is 59.3 cm³/mol. The molecular formula is C12H22O2. The van der Waals surface area contributed by atoms with Gasteiger partial charge in [-0.25, -0.2) is 4.79 Å². The minimum atomic E-state index is -0.856. The monoisotopic (exact) mass is 198 g/mol. The summed E-state index contributed by atoms with van der Waals surface area (Å²) in [6, 6.07) is 0. The maximum absolute atomic E-state index is 10.6. The first-order chi connectivity index (χ1) is 6.59. The van der Waals surface area contributed by atoms with Crippen molar-refractivity contribution >= 4 is 5.97 Å². The molecule has 0 bridgehead atoms. The zero-order chi connectivity index (χ0) is 11.0. The van der Waals surface area contributed by atoms with E-state index in [0.717, 1.165) is 12.8 Å². The van der Waals surface area contributed by atoms with E-state index in [1.165, 1.54) is 25.7 Å². The molecule has 0 aliphatic heterocycles. The summed E-state index contributed by atoms with van der Waals surface area (Å²) in [5.74, 6) is -0.736. The Morgan fingerprint density at radius 1 is 1.29 bits per heavy atom. The molecule has 0 aromatic heterocycles. The molecule has 0 amide bonds. The van der Waals surface area contributed by atoms with Crippen LogP contribution in [0.15, 0.2) is 12.2 Å². The molecule has 0 radical (unpaired) electrons. The highest BCUT2D eigenvalue weighted by atomic mass is 16.4. The van der Waals surface area contributed by atoms with Crippen LogP contribution in [0.4, 0.5) is 0 Å². The molecule has 2 nitrogen and oxygen atoms in total. The third-order valence-electron chi connectivity index (χ3n) is 2.61. The summed E-state index contributed by atoms with van der Waals surface area (Å²) in [7, 11) is 0. The van der Waals surface area contributed by atoms with Crippen molar-refractivity contribution in [1.29, 1.82) is 0 Å². The summed E-state index contributed by atoms with van der Waals surface area (Å²) in [5.41, 5.74) is 0.348. The van der Waals surface area contributed by atoms with Crippen LogP contribution in [0.5, 0.6) is 0 Å². The molecule has 0 aromatic rings. The Morgan fingerprint density at radius 2 is 1.86 bits per heavy atom. The van der Waals surface area contributed by atoms with Crippen molar-refractivity contribution in [3.63, 3.8) is 0 Å². The standard InChI is InChI=1S/C12H22O2/c1-4-5-6-7-8-9-10(2)11(3)12(13)14/h10H,3-9H2,1-2H3,(H,13,14). The second-order valence-corrected chi connectivity index (χ2v) is 3.93. The van der Waals surface area contributed by atoms with Gasteiger partial charge < -0.3 is 5.11 Å². The quantitative estimate of drug-likeness (QED) is 0.477. The van der Waals surface area contributed by atoms with Gasteiger partial charge in [-0.3, -0.25) is 0 Å². The van der Waals surface area contributed by atoms with Gasteiger partial charge in [-0.05, 0) is 12.3 Å². The van der Waals surface area contributed by atoms with E-state index in [0.29, 0.717) is 5.57 Å². The first-order valence-corrected chi connectivity index (χ1v) is 5.51. The number of unbranched alkanes of at least 4 members (excludes halogenated alkanes) is 4. The van der Waals surface area contributed by atoms with Crippen molar-refractivity contribution < 1.29 is 9.90 Å². The summed E-state index contributed by atoms with van der Waals surface area (Å²) in [6.07, 6.45) is 7.09. The van der Waals surface area contributed by atoms with Crippen molar-refractivity contribution in [2.75, 3.05) is 0 Å². The molecule has 82 valence electrons. The maximum atomic E-state index is 10.6. The Balaban J connectivity index is 3.49. The van der Waals surface area contributed by atoms with Gasteiger partial charge >= 0.3 is 5.97 Å². The highest BCUT2D eigenvalue weighted by molar-refractivity contribution is 5.86. The lowest BCUT2D eigenvalue weighted by Gasteiger charge is -2.10.